The van der Waals surface area contributed by atoms with Gasteiger partial charge in [-0.15, -0.1) is 10.2 Å². The number of nitrogens with zero attached hydrogens (tertiary/aromatic N) is 3. The molecule has 0 atom stereocenters. The molecule has 3 rings (SSSR count). The maximum absolute atomic E-state index is 12.3. The van der Waals surface area contributed by atoms with Crippen LogP contribution >= 0.6 is 11.8 Å². The summed E-state index contributed by atoms with van der Waals surface area (Å²) in [5.41, 5.74) is 0.694. The Bertz CT molecular complexity index is 890. The summed E-state index contributed by atoms with van der Waals surface area (Å²) in [4.78, 5) is 12.3. The van der Waals surface area contributed by atoms with E-state index in [1.54, 1.807) is 19.4 Å². The molecular formula is C19H22N4O3S. The molecule has 0 fully saturated rings. The van der Waals surface area contributed by atoms with Crippen LogP contribution in [0.1, 0.15) is 13.8 Å². The number of methoxy groups -OCH3 is 1. The van der Waals surface area contributed by atoms with Gasteiger partial charge in [-0.05, 0) is 30.2 Å². The van der Waals surface area contributed by atoms with Crippen molar-refractivity contribution in [2.75, 3.05) is 18.2 Å². The Morgan fingerprint density at radius 3 is 2.85 bits per heavy atom. The molecule has 3 aromatic rings. The van der Waals surface area contributed by atoms with Crippen LogP contribution in [0, 0.1) is 5.92 Å². The minimum atomic E-state index is -0.119. The van der Waals surface area contributed by atoms with E-state index in [2.05, 4.69) is 29.4 Å². The van der Waals surface area contributed by atoms with Crippen molar-refractivity contribution in [3.8, 4) is 17.3 Å². The van der Waals surface area contributed by atoms with Gasteiger partial charge in [0.15, 0.2) is 16.7 Å². The molecule has 142 valence electrons. The Hall–Kier alpha value is -2.74. The molecule has 0 saturated heterocycles. The van der Waals surface area contributed by atoms with E-state index in [-0.39, 0.29) is 11.7 Å². The van der Waals surface area contributed by atoms with Crippen molar-refractivity contribution in [1.29, 1.82) is 0 Å². The number of carbonyl (C=O) groups excluding carboxylic acids is 1. The Morgan fingerprint density at radius 1 is 1.30 bits per heavy atom. The first-order valence-electron chi connectivity index (χ1n) is 8.60. The van der Waals surface area contributed by atoms with Gasteiger partial charge in [-0.1, -0.05) is 31.7 Å². The van der Waals surface area contributed by atoms with Crippen LogP contribution in [-0.4, -0.2) is 33.5 Å². The maximum Gasteiger partial charge on any atom is 0.234 e. The van der Waals surface area contributed by atoms with Crippen LogP contribution in [0.15, 0.2) is 52.2 Å². The van der Waals surface area contributed by atoms with Crippen LogP contribution in [0.3, 0.4) is 0 Å². The fourth-order valence-electron chi connectivity index (χ4n) is 2.54. The van der Waals surface area contributed by atoms with Crippen LogP contribution in [0.5, 0.6) is 5.75 Å². The molecule has 0 spiro atoms. The molecule has 1 aromatic carbocycles. The summed E-state index contributed by atoms with van der Waals surface area (Å²) in [6.07, 6.45) is 1.61. The largest absolute Gasteiger partial charge is 0.497 e. The summed E-state index contributed by atoms with van der Waals surface area (Å²) in [5, 5.41) is 12.1. The molecule has 0 aliphatic carbocycles. The lowest BCUT2D eigenvalue weighted by atomic mass is 10.2. The van der Waals surface area contributed by atoms with Crippen LogP contribution in [0.4, 0.5) is 5.69 Å². The van der Waals surface area contributed by atoms with Gasteiger partial charge in [0.2, 0.25) is 5.91 Å². The number of nitrogens with one attached hydrogen (secondary N) is 1. The number of benzene rings is 1. The number of ether oxygens (including phenoxy) is 1. The summed E-state index contributed by atoms with van der Waals surface area (Å²) >= 11 is 1.35. The van der Waals surface area contributed by atoms with Crippen LogP contribution in [0.25, 0.3) is 11.6 Å². The first kappa shape index (κ1) is 19.0. The minimum absolute atomic E-state index is 0.119. The summed E-state index contributed by atoms with van der Waals surface area (Å²) in [6, 6.07) is 10.9. The lowest BCUT2D eigenvalue weighted by Crippen LogP contribution is -2.15. The predicted molar refractivity (Wildman–Crippen MR) is 105 cm³/mol. The minimum Gasteiger partial charge on any atom is -0.497 e. The lowest BCUT2D eigenvalue weighted by Gasteiger charge is -2.11. The number of hydrogen-bond acceptors (Lipinski definition) is 6. The van der Waals surface area contributed by atoms with Gasteiger partial charge in [-0.2, -0.15) is 0 Å². The first-order chi connectivity index (χ1) is 13.1. The third-order valence-corrected chi connectivity index (χ3v) is 4.66. The van der Waals surface area contributed by atoms with Gasteiger partial charge in [-0.25, -0.2) is 0 Å². The van der Waals surface area contributed by atoms with Gasteiger partial charge < -0.3 is 14.5 Å². The number of anilines is 1. The van der Waals surface area contributed by atoms with E-state index in [0.29, 0.717) is 34.1 Å². The Kier molecular flexibility index (Phi) is 6.18. The number of hydrogen-bond donors (Lipinski definition) is 1. The number of thioether (sulfide) groups is 1. The number of amides is 1. The molecule has 1 N–H and O–H groups in total. The Balaban J connectivity index is 1.69. The third-order valence-electron chi connectivity index (χ3n) is 3.69. The molecule has 0 saturated carbocycles. The van der Waals surface area contributed by atoms with Crippen LogP contribution < -0.4 is 10.1 Å². The van der Waals surface area contributed by atoms with Crippen molar-refractivity contribution < 1.29 is 13.9 Å². The van der Waals surface area contributed by atoms with E-state index in [1.165, 1.54) is 11.8 Å². The number of furan rings is 1. The summed E-state index contributed by atoms with van der Waals surface area (Å²) in [6.45, 7) is 4.98. The molecule has 0 bridgehead atoms. The highest BCUT2D eigenvalue weighted by Gasteiger charge is 2.18. The zero-order valence-electron chi connectivity index (χ0n) is 15.5. The molecule has 8 heteroatoms. The molecule has 27 heavy (non-hydrogen) atoms. The van der Waals surface area contributed by atoms with Crippen molar-refractivity contribution >= 4 is 23.4 Å². The topological polar surface area (TPSA) is 82.2 Å². The smallest absolute Gasteiger partial charge is 0.234 e. The maximum atomic E-state index is 12.3. The normalized spacial score (nSPS) is 11.0. The van der Waals surface area contributed by atoms with Gasteiger partial charge in [0.05, 0.1) is 19.1 Å². The van der Waals surface area contributed by atoms with E-state index >= 15 is 0 Å². The summed E-state index contributed by atoms with van der Waals surface area (Å²) < 4.78 is 12.6. The van der Waals surface area contributed by atoms with E-state index in [9.17, 15) is 4.79 Å². The molecule has 0 aliphatic rings. The second kappa shape index (κ2) is 8.77. The SMILES string of the molecule is COc1cccc(NC(=O)CSc2nnc(-c3ccco3)n2CC(C)C)c1. The summed E-state index contributed by atoms with van der Waals surface area (Å²) in [7, 11) is 1.59. The molecule has 0 radical (unpaired) electrons. The molecule has 2 aromatic heterocycles. The van der Waals surface area contributed by atoms with Gasteiger partial charge in [0.1, 0.15) is 5.75 Å². The van der Waals surface area contributed by atoms with Crippen LogP contribution in [-0.2, 0) is 11.3 Å². The van der Waals surface area contributed by atoms with Crippen molar-refractivity contribution in [3.05, 3.63) is 42.7 Å². The standard InChI is InChI=1S/C19H22N4O3S/c1-13(2)11-23-18(16-8-5-9-26-16)21-22-19(23)27-12-17(24)20-14-6-4-7-15(10-14)25-3/h4-10,13H,11-12H2,1-3H3,(H,20,24). The number of carbonyl (C=O) groups is 1. The van der Waals surface area contributed by atoms with Crippen molar-refractivity contribution in [2.45, 2.75) is 25.5 Å². The van der Waals surface area contributed by atoms with Crippen LogP contribution in [0.2, 0.25) is 0 Å². The quantitative estimate of drug-likeness (QED) is 0.591. The fourth-order valence-corrected chi connectivity index (χ4v) is 3.29. The Labute approximate surface area is 162 Å². The monoisotopic (exact) mass is 386 g/mol. The number of rotatable bonds is 8. The Morgan fingerprint density at radius 2 is 2.15 bits per heavy atom. The first-order valence-corrected chi connectivity index (χ1v) is 9.59. The average Bonchev–Trinajstić information content (AvgIpc) is 3.29. The van der Waals surface area contributed by atoms with E-state index < -0.39 is 0 Å². The van der Waals surface area contributed by atoms with Gasteiger partial charge >= 0.3 is 0 Å². The second-order valence-electron chi connectivity index (χ2n) is 6.36. The molecule has 2 heterocycles. The zero-order chi connectivity index (χ0) is 19.2. The van der Waals surface area contributed by atoms with E-state index in [0.717, 1.165) is 6.54 Å². The van der Waals surface area contributed by atoms with Crippen molar-refractivity contribution in [2.24, 2.45) is 5.92 Å². The predicted octanol–water partition coefficient (Wildman–Crippen LogP) is 3.93. The fraction of sp³-hybridized carbons (Fsp3) is 0.316. The molecule has 0 unspecified atom stereocenters. The van der Waals surface area contributed by atoms with Gasteiger partial charge in [0.25, 0.3) is 0 Å². The molecule has 7 nitrogen and oxygen atoms in total. The summed E-state index contributed by atoms with van der Waals surface area (Å²) in [5.74, 6) is 2.54. The molecule has 1 amide bonds. The average molecular weight is 386 g/mol. The zero-order valence-corrected chi connectivity index (χ0v) is 16.3. The van der Waals surface area contributed by atoms with Crippen molar-refractivity contribution in [3.63, 3.8) is 0 Å². The second-order valence-corrected chi connectivity index (χ2v) is 7.30. The van der Waals surface area contributed by atoms with Gasteiger partial charge in [-0.3, -0.25) is 9.36 Å². The van der Waals surface area contributed by atoms with Gasteiger partial charge in [0, 0.05) is 18.3 Å². The number of aromatic nitrogens is 3. The van der Waals surface area contributed by atoms with E-state index in [4.69, 9.17) is 9.15 Å². The van der Waals surface area contributed by atoms with Crippen molar-refractivity contribution in [1.82, 2.24) is 14.8 Å². The lowest BCUT2D eigenvalue weighted by molar-refractivity contribution is -0.113. The molecular weight excluding hydrogens is 364 g/mol. The highest BCUT2D eigenvalue weighted by atomic mass is 32.2. The van der Waals surface area contributed by atoms with E-state index in [1.807, 2.05) is 34.9 Å². The highest BCUT2D eigenvalue weighted by molar-refractivity contribution is 7.99. The highest BCUT2D eigenvalue weighted by Crippen LogP contribution is 2.26. The third kappa shape index (κ3) is 4.91. The molecule has 0 aliphatic heterocycles.